The van der Waals surface area contributed by atoms with Crippen LogP contribution in [0.4, 0.5) is 0 Å². The van der Waals surface area contributed by atoms with Crippen molar-refractivity contribution in [3.8, 4) is 17.2 Å². The molecule has 3 aromatic rings. The third-order valence-corrected chi connectivity index (χ3v) is 5.66. The van der Waals surface area contributed by atoms with Crippen molar-refractivity contribution >= 4 is 5.97 Å². The van der Waals surface area contributed by atoms with Gasteiger partial charge in [-0.05, 0) is 43.7 Å². The van der Waals surface area contributed by atoms with Crippen molar-refractivity contribution in [3.05, 3.63) is 71.1 Å². The minimum Gasteiger partial charge on any atom is -0.493 e. The Morgan fingerprint density at radius 1 is 1.09 bits per heavy atom. The van der Waals surface area contributed by atoms with E-state index in [-0.39, 0.29) is 19.1 Å². The summed E-state index contributed by atoms with van der Waals surface area (Å²) < 4.78 is 22.5. The van der Waals surface area contributed by atoms with Gasteiger partial charge in [-0.1, -0.05) is 29.8 Å². The molecule has 7 nitrogen and oxygen atoms in total. The van der Waals surface area contributed by atoms with Crippen LogP contribution in [0, 0.1) is 13.8 Å². The monoisotopic (exact) mass is 437 g/mol. The molecule has 0 aliphatic carbocycles. The van der Waals surface area contributed by atoms with Gasteiger partial charge in [-0.2, -0.15) is 0 Å². The van der Waals surface area contributed by atoms with Gasteiger partial charge in [-0.15, -0.1) is 0 Å². The van der Waals surface area contributed by atoms with Gasteiger partial charge >= 0.3 is 5.97 Å². The molecule has 7 heteroatoms. The molecule has 0 atom stereocenters. The van der Waals surface area contributed by atoms with Crippen molar-refractivity contribution in [2.75, 3.05) is 19.8 Å². The average Bonchev–Trinajstić information content (AvgIpc) is 3.16. The zero-order valence-corrected chi connectivity index (χ0v) is 18.5. The van der Waals surface area contributed by atoms with Crippen molar-refractivity contribution < 1.29 is 28.5 Å². The Morgan fingerprint density at radius 3 is 2.38 bits per heavy atom. The van der Waals surface area contributed by atoms with Crippen molar-refractivity contribution in [2.45, 2.75) is 38.9 Å². The molecule has 168 valence electrons. The number of oxazole rings is 1. The highest BCUT2D eigenvalue weighted by Crippen LogP contribution is 2.29. The zero-order chi connectivity index (χ0) is 22.7. The maximum absolute atomic E-state index is 11.2. The van der Waals surface area contributed by atoms with E-state index in [0.29, 0.717) is 18.9 Å². The molecule has 1 fully saturated rings. The molecule has 1 N–H and O–H groups in total. The molecule has 0 spiro atoms. The normalized spacial score (nSPS) is 20.8. The summed E-state index contributed by atoms with van der Waals surface area (Å²) in [5, 5.41) is 9.16. The lowest BCUT2D eigenvalue weighted by Gasteiger charge is -2.34. The van der Waals surface area contributed by atoms with E-state index in [2.05, 4.69) is 4.98 Å². The molecule has 0 radical (unpaired) electrons. The van der Waals surface area contributed by atoms with Crippen LogP contribution >= 0.6 is 0 Å². The Bertz CT molecular complexity index is 1060. The van der Waals surface area contributed by atoms with Gasteiger partial charge in [0.25, 0.3) is 5.79 Å². The largest absolute Gasteiger partial charge is 0.493 e. The van der Waals surface area contributed by atoms with Gasteiger partial charge in [-0.25, -0.2) is 9.78 Å². The lowest BCUT2D eigenvalue weighted by Crippen LogP contribution is -2.47. The Morgan fingerprint density at radius 2 is 1.75 bits per heavy atom. The highest BCUT2D eigenvalue weighted by atomic mass is 16.7. The summed E-state index contributed by atoms with van der Waals surface area (Å²) in [5.74, 6) is -0.537. The van der Waals surface area contributed by atoms with Crippen LogP contribution in [-0.4, -0.2) is 41.7 Å². The van der Waals surface area contributed by atoms with E-state index in [1.807, 2.05) is 62.4 Å². The maximum atomic E-state index is 11.2. The van der Waals surface area contributed by atoms with Gasteiger partial charge in [0.1, 0.15) is 11.5 Å². The fraction of sp³-hybridized carbons (Fsp3) is 0.360. The molecular weight excluding hydrogens is 410 g/mol. The lowest BCUT2D eigenvalue weighted by molar-refractivity contribution is -0.262. The Labute approximate surface area is 186 Å². The second-order valence-electron chi connectivity index (χ2n) is 8.13. The standard InChI is InChI=1S/C25H27NO6/c1-16-4-6-19(7-5-16)23-26-22(17(2)32-23)12-13-29-21-10-8-18(9-11-21)20-14-30-25(3,24(27)28)31-15-20/h4-11,20H,12-15H2,1-3H3,(H,27,28)/t20-,25-. The predicted molar refractivity (Wildman–Crippen MR) is 118 cm³/mol. The summed E-state index contributed by atoms with van der Waals surface area (Å²) in [4.78, 5) is 15.8. The number of carboxylic acid groups (broad SMARTS) is 1. The van der Waals surface area contributed by atoms with E-state index in [1.165, 1.54) is 12.5 Å². The number of benzene rings is 2. The number of hydrogen-bond acceptors (Lipinski definition) is 6. The van der Waals surface area contributed by atoms with Crippen LogP contribution in [0.25, 0.3) is 11.5 Å². The van der Waals surface area contributed by atoms with E-state index in [4.69, 9.17) is 23.7 Å². The number of aromatic nitrogens is 1. The maximum Gasteiger partial charge on any atom is 0.364 e. The van der Waals surface area contributed by atoms with Gasteiger partial charge in [0.05, 0.1) is 25.5 Å². The van der Waals surface area contributed by atoms with Crippen LogP contribution in [0.3, 0.4) is 0 Å². The molecule has 0 bridgehead atoms. The van der Waals surface area contributed by atoms with Crippen molar-refractivity contribution in [3.63, 3.8) is 0 Å². The number of hydrogen-bond donors (Lipinski definition) is 1. The molecule has 1 aliphatic rings. The number of aryl methyl sites for hydroxylation is 2. The molecule has 1 saturated heterocycles. The summed E-state index contributed by atoms with van der Waals surface area (Å²) in [7, 11) is 0. The fourth-order valence-electron chi connectivity index (χ4n) is 3.51. The van der Waals surface area contributed by atoms with Gasteiger partial charge in [0.15, 0.2) is 0 Å². The molecule has 2 heterocycles. The van der Waals surface area contributed by atoms with Crippen LogP contribution in [0.15, 0.2) is 52.9 Å². The molecule has 1 aromatic heterocycles. The van der Waals surface area contributed by atoms with Crippen LogP contribution in [-0.2, 0) is 20.7 Å². The molecule has 0 unspecified atom stereocenters. The molecule has 0 amide bonds. The highest BCUT2D eigenvalue weighted by molar-refractivity contribution is 5.75. The summed E-state index contributed by atoms with van der Waals surface area (Å²) in [6.45, 7) is 6.44. The number of nitrogens with zero attached hydrogens (tertiary/aromatic N) is 1. The minimum atomic E-state index is -1.57. The number of aliphatic carboxylic acids is 1. The number of carboxylic acids is 1. The van der Waals surface area contributed by atoms with E-state index in [9.17, 15) is 4.79 Å². The Balaban J connectivity index is 1.30. The summed E-state index contributed by atoms with van der Waals surface area (Å²) in [6, 6.07) is 15.8. The molecule has 4 rings (SSSR count). The Hall–Kier alpha value is -3.16. The molecule has 2 aromatic carbocycles. The van der Waals surface area contributed by atoms with Crippen LogP contribution < -0.4 is 4.74 Å². The summed E-state index contributed by atoms with van der Waals surface area (Å²) >= 11 is 0. The van der Waals surface area contributed by atoms with E-state index in [0.717, 1.165) is 28.3 Å². The molecule has 32 heavy (non-hydrogen) atoms. The predicted octanol–water partition coefficient (Wildman–Crippen LogP) is 4.51. The quantitative estimate of drug-likeness (QED) is 0.581. The first-order chi connectivity index (χ1) is 15.3. The smallest absolute Gasteiger partial charge is 0.364 e. The minimum absolute atomic E-state index is 0.0190. The average molecular weight is 437 g/mol. The van der Waals surface area contributed by atoms with Crippen molar-refractivity contribution in [2.24, 2.45) is 0 Å². The van der Waals surface area contributed by atoms with E-state index in [1.54, 1.807) is 0 Å². The summed E-state index contributed by atoms with van der Waals surface area (Å²) in [5.41, 5.74) is 4.05. The second kappa shape index (κ2) is 9.14. The molecular formula is C25H27NO6. The van der Waals surface area contributed by atoms with Crippen molar-refractivity contribution in [1.29, 1.82) is 0 Å². The fourth-order valence-corrected chi connectivity index (χ4v) is 3.51. The lowest BCUT2D eigenvalue weighted by atomic mass is 9.99. The van der Waals surface area contributed by atoms with Gasteiger partial charge in [-0.3, -0.25) is 0 Å². The number of rotatable bonds is 7. The number of ether oxygens (including phenoxy) is 3. The third kappa shape index (κ3) is 4.84. The van der Waals surface area contributed by atoms with Gasteiger partial charge < -0.3 is 23.7 Å². The molecule has 0 saturated carbocycles. The first-order valence-electron chi connectivity index (χ1n) is 10.6. The first kappa shape index (κ1) is 22.0. The zero-order valence-electron chi connectivity index (χ0n) is 18.5. The number of carbonyl (C=O) groups is 1. The Kier molecular flexibility index (Phi) is 6.30. The molecule has 1 aliphatic heterocycles. The first-order valence-corrected chi connectivity index (χ1v) is 10.6. The third-order valence-electron chi connectivity index (χ3n) is 5.66. The SMILES string of the molecule is Cc1ccc(-c2nc(CCOc3ccc([C@H]4CO[C@](C)(C(=O)O)OC4)cc3)c(C)o2)cc1. The van der Waals surface area contributed by atoms with Crippen LogP contribution in [0.5, 0.6) is 5.75 Å². The highest BCUT2D eigenvalue weighted by Gasteiger charge is 2.40. The second-order valence-corrected chi connectivity index (χ2v) is 8.13. The van der Waals surface area contributed by atoms with Gasteiger partial charge in [0, 0.05) is 24.8 Å². The summed E-state index contributed by atoms with van der Waals surface area (Å²) in [6.07, 6.45) is 0.640. The van der Waals surface area contributed by atoms with Crippen LogP contribution in [0.1, 0.15) is 35.4 Å². The van der Waals surface area contributed by atoms with Crippen LogP contribution in [0.2, 0.25) is 0 Å². The van der Waals surface area contributed by atoms with Crippen molar-refractivity contribution in [1.82, 2.24) is 4.98 Å². The topological polar surface area (TPSA) is 91.0 Å². The van der Waals surface area contributed by atoms with E-state index >= 15 is 0 Å². The van der Waals surface area contributed by atoms with Gasteiger partial charge in [0.2, 0.25) is 5.89 Å². The van der Waals surface area contributed by atoms with E-state index < -0.39 is 11.8 Å².